The second-order valence-electron chi connectivity index (χ2n) is 6.16. The Labute approximate surface area is 147 Å². The lowest BCUT2D eigenvalue weighted by Crippen LogP contribution is -2.14. The lowest BCUT2D eigenvalue weighted by molar-refractivity contribution is -0.144. The molecule has 0 saturated carbocycles. The summed E-state index contributed by atoms with van der Waals surface area (Å²) in [6.45, 7) is 4.87. The van der Waals surface area contributed by atoms with Crippen molar-refractivity contribution in [3.63, 3.8) is 0 Å². The summed E-state index contributed by atoms with van der Waals surface area (Å²) in [5, 5.41) is 2.93. The summed E-state index contributed by atoms with van der Waals surface area (Å²) >= 11 is 0. The number of nitrogens with zero attached hydrogens (tertiary/aromatic N) is 3. The highest BCUT2D eigenvalue weighted by atomic mass is 19.4. The first kappa shape index (κ1) is 18.0. The molecule has 138 valence electrons. The molecule has 0 unspecified atom stereocenters. The SMILES string of the molecule is CC(C)COc1ccccc1CNc1nc(C(F)(F)F)nc2nc[nH]c12. The first-order valence-electron chi connectivity index (χ1n) is 8.07. The Morgan fingerprint density at radius 2 is 1.96 bits per heavy atom. The van der Waals surface area contributed by atoms with Gasteiger partial charge in [-0.3, -0.25) is 0 Å². The van der Waals surface area contributed by atoms with E-state index >= 15 is 0 Å². The molecule has 3 aromatic rings. The maximum Gasteiger partial charge on any atom is 0.451 e. The molecule has 0 aliphatic carbocycles. The van der Waals surface area contributed by atoms with Crippen molar-refractivity contribution in [2.24, 2.45) is 5.92 Å². The highest BCUT2D eigenvalue weighted by Crippen LogP contribution is 2.29. The molecule has 0 aliphatic rings. The van der Waals surface area contributed by atoms with Crippen LogP contribution in [-0.2, 0) is 12.7 Å². The fourth-order valence-corrected chi connectivity index (χ4v) is 2.31. The monoisotopic (exact) mass is 365 g/mol. The molecule has 0 amide bonds. The number of aromatic nitrogens is 4. The van der Waals surface area contributed by atoms with E-state index in [-0.39, 0.29) is 18.0 Å². The Morgan fingerprint density at radius 3 is 2.69 bits per heavy atom. The van der Waals surface area contributed by atoms with Crippen LogP contribution in [0.3, 0.4) is 0 Å². The lowest BCUT2D eigenvalue weighted by atomic mass is 10.2. The van der Waals surface area contributed by atoms with Gasteiger partial charge in [0.2, 0.25) is 5.82 Å². The van der Waals surface area contributed by atoms with Gasteiger partial charge in [0.05, 0.1) is 12.9 Å². The predicted molar refractivity (Wildman–Crippen MR) is 90.8 cm³/mol. The van der Waals surface area contributed by atoms with Crippen LogP contribution in [-0.4, -0.2) is 26.5 Å². The molecular formula is C17H18F3N5O. The van der Waals surface area contributed by atoms with E-state index in [0.29, 0.717) is 23.8 Å². The zero-order valence-electron chi connectivity index (χ0n) is 14.3. The second-order valence-corrected chi connectivity index (χ2v) is 6.16. The third kappa shape index (κ3) is 4.04. The first-order valence-corrected chi connectivity index (χ1v) is 8.07. The summed E-state index contributed by atoms with van der Waals surface area (Å²) in [6.07, 6.45) is -3.37. The fraction of sp³-hybridized carbons (Fsp3) is 0.353. The smallest absolute Gasteiger partial charge is 0.451 e. The lowest BCUT2D eigenvalue weighted by Gasteiger charge is -2.14. The summed E-state index contributed by atoms with van der Waals surface area (Å²) in [5.41, 5.74) is 1.09. The van der Waals surface area contributed by atoms with Crippen molar-refractivity contribution in [2.45, 2.75) is 26.6 Å². The van der Waals surface area contributed by atoms with Gasteiger partial charge < -0.3 is 15.0 Å². The molecule has 3 rings (SSSR count). The van der Waals surface area contributed by atoms with Gasteiger partial charge >= 0.3 is 6.18 Å². The van der Waals surface area contributed by atoms with Gasteiger partial charge in [0.1, 0.15) is 11.3 Å². The van der Waals surface area contributed by atoms with Crippen molar-refractivity contribution >= 4 is 17.0 Å². The normalized spacial score (nSPS) is 11.9. The molecule has 0 atom stereocenters. The van der Waals surface area contributed by atoms with Gasteiger partial charge in [-0.2, -0.15) is 13.2 Å². The molecule has 0 spiro atoms. The summed E-state index contributed by atoms with van der Waals surface area (Å²) in [5.74, 6) is -0.154. The number of alkyl halides is 3. The zero-order valence-corrected chi connectivity index (χ0v) is 14.3. The van der Waals surface area contributed by atoms with Crippen LogP contribution in [0.2, 0.25) is 0 Å². The molecule has 2 aromatic heterocycles. The number of halogens is 3. The Morgan fingerprint density at radius 1 is 1.19 bits per heavy atom. The number of para-hydroxylation sites is 1. The van der Waals surface area contributed by atoms with Gasteiger partial charge in [-0.25, -0.2) is 15.0 Å². The number of rotatable bonds is 6. The summed E-state index contributed by atoms with van der Waals surface area (Å²) in [4.78, 5) is 13.6. The standard InChI is InChI=1S/C17H18F3N5O/c1-10(2)8-26-12-6-4-3-5-11(12)7-21-14-13-15(23-9-22-13)25-16(24-14)17(18,19)20/h3-6,9-10H,7-8H2,1-2H3,(H2,21,22,23,24,25). The van der Waals surface area contributed by atoms with Crippen LogP contribution < -0.4 is 10.1 Å². The molecule has 26 heavy (non-hydrogen) atoms. The molecule has 9 heteroatoms. The first-order chi connectivity index (χ1) is 12.3. The van der Waals surface area contributed by atoms with Crippen molar-refractivity contribution < 1.29 is 17.9 Å². The van der Waals surface area contributed by atoms with Gasteiger partial charge in [0, 0.05) is 12.1 Å². The van der Waals surface area contributed by atoms with Gasteiger partial charge in [-0.15, -0.1) is 0 Å². The van der Waals surface area contributed by atoms with Gasteiger partial charge in [-0.1, -0.05) is 32.0 Å². The van der Waals surface area contributed by atoms with E-state index in [1.807, 2.05) is 38.1 Å². The van der Waals surface area contributed by atoms with Crippen molar-refractivity contribution in [1.82, 2.24) is 19.9 Å². The van der Waals surface area contributed by atoms with Crippen LogP contribution in [0.25, 0.3) is 11.2 Å². The summed E-state index contributed by atoms with van der Waals surface area (Å²) < 4.78 is 44.7. The Balaban J connectivity index is 1.85. The average molecular weight is 365 g/mol. The van der Waals surface area contributed by atoms with Crippen molar-refractivity contribution in [2.75, 3.05) is 11.9 Å². The second kappa shape index (κ2) is 7.19. The zero-order chi connectivity index (χ0) is 18.7. The third-order valence-electron chi connectivity index (χ3n) is 3.53. The molecule has 0 saturated heterocycles. The van der Waals surface area contributed by atoms with Crippen LogP contribution in [0, 0.1) is 5.92 Å². The van der Waals surface area contributed by atoms with Crippen LogP contribution in [0.15, 0.2) is 30.6 Å². The van der Waals surface area contributed by atoms with E-state index < -0.39 is 12.0 Å². The minimum atomic E-state index is -4.65. The molecule has 2 heterocycles. The third-order valence-corrected chi connectivity index (χ3v) is 3.53. The van der Waals surface area contributed by atoms with E-state index in [1.54, 1.807) is 0 Å². The molecule has 0 aliphatic heterocycles. The van der Waals surface area contributed by atoms with Gasteiger partial charge in [0.25, 0.3) is 0 Å². The Kier molecular flexibility index (Phi) is 4.97. The molecule has 0 fully saturated rings. The van der Waals surface area contributed by atoms with E-state index in [0.717, 1.165) is 5.56 Å². The Hall–Kier alpha value is -2.84. The Bertz CT molecular complexity index is 891. The maximum absolute atomic E-state index is 13.0. The quantitative estimate of drug-likeness (QED) is 0.690. The summed E-state index contributed by atoms with van der Waals surface area (Å²) in [6, 6.07) is 7.36. The maximum atomic E-state index is 13.0. The number of fused-ring (bicyclic) bond motifs is 1. The van der Waals surface area contributed by atoms with E-state index in [2.05, 4.69) is 25.3 Å². The molecule has 0 radical (unpaired) electrons. The number of H-pyrrole nitrogens is 1. The number of ether oxygens (including phenoxy) is 1. The number of hydrogen-bond donors (Lipinski definition) is 2. The number of benzene rings is 1. The molecule has 1 aromatic carbocycles. The fourth-order valence-electron chi connectivity index (χ4n) is 2.31. The molecule has 6 nitrogen and oxygen atoms in total. The largest absolute Gasteiger partial charge is 0.493 e. The number of hydrogen-bond acceptors (Lipinski definition) is 5. The molecular weight excluding hydrogens is 347 g/mol. The van der Waals surface area contributed by atoms with Crippen LogP contribution >= 0.6 is 0 Å². The van der Waals surface area contributed by atoms with Gasteiger partial charge in [-0.05, 0) is 12.0 Å². The van der Waals surface area contributed by atoms with E-state index in [4.69, 9.17) is 4.74 Å². The molecule has 2 N–H and O–H groups in total. The van der Waals surface area contributed by atoms with Crippen molar-refractivity contribution in [3.05, 3.63) is 42.0 Å². The highest BCUT2D eigenvalue weighted by Gasteiger charge is 2.36. The van der Waals surface area contributed by atoms with Crippen LogP contribution in [0.4, 0.5) is 19.0 Å². The predicted octanol–water partition coefficient (Wildman–Crippen LogP) is 4.02. The van der Waals surface area contributed by atoms with Crippen LogP contribution in [0.1, 0.15) is 25.2 Å². The number of imidazole rings is 1. The minimum Gasteiger partial charge on any atom is -0.493 e. The number of nitrogens with one attached hydrogen (secondary N) is 2. The number of aromatic amines is 1. The van der Waals surface area contributed by atoms with Crippen molar-refractivity contribution in [1.29, 1.82) is 0 Å². The molecule has 0 bridgehead atoms. The van der Waals surface area contributed by atoms with Gasteiger partial charge in [0.15, 0.2) is 11.5 Å². The summed E-state index contributed by atoms with van der Waals surface area (Å²) in [7, 11) is 0. The average Bonchev–Trinajstić information content (AvgIpc) is 3.06. The topological polar surface area (TPSA) is 75.7 Å². The minimum absolute atomic E-state index is 0.0403. The van der Waals surface area contributed by atoms with E-state index in [1.165, 1.54) is 6.33 Å². The van der Waals surface area contributed by atoms with E-state index in [9.17, 15) is 13.2 Å². The number of anilines is 1. The van der Waals surface area contributed by atoms with Crippen LogP contribution in [0.5, 0.6) is 5.75 Å². The van der Waals surface area contributed by atoms with Crippen molar-refractivity contribution in [3.8, 4) is 5.75 Å². The highest BCUT2D eigenvalue weighted by molar-refractivity contribution is 5.82.